The van der Waals surface area contributed by atoms with E-state index in [1.54, 1.807) is 18.2 Å². The van der Waals surface area contributed by atoms with Crippen LogP contribution in [0.1, 0.15) is 0 Å². The van der Waals surface area contributed by atoms with Crippen LogP contribution < -0.4 is 4.74 Å². The van der Waals surface area contributed by atoms with Crippen molar-refractivity contribution in [1.82, 2.24) is 5.16 Å². The summed E-state index contributed by atoms with van der Waals surface area (Å²) in [7, 11) is 0. The molecule has 108 valence electrons. The molecule has 0 radical (unpaired) electrons. The van der Waals surface area contributed by atoms with Crippen LogP contribution in [0.25, 0.3) is 22.2 Å². The lowest BCUT2D eigenvalue weighted by atomic mass is 10.1. The predicted octanol–water partition coefficient (Wildman–Crippen LogP) is 5.17. The summed E-state index contributed by atoms with van der Waals surface area (Å²) >= 11 is 6.75. The number of ether oxygens (including phenoxy) is 1. The predicted molar refractivity (Wildman–Crippen MR) is 86.4 cm³/mol. The molecule has 3 aromatic rings. The van der Waals surface area contributed by atoms with Crippen LogP contribution >= 0.6 is 31.9 Å². The number of halogens is 3. The molecule has 0 aliphatic heterocycles. The van der Waals surface area contributed by atoms with Gasteiger partial charge in [-0.25, -0.2) is 4.39 Å². The summed E-state index contributed by atoms with van der Waals surface area (Å²) in [6.45, 7) is 0.540. The van der Waals surface area contributed by atoms with Crippen LogP contribution in [0.15, 0.2) is 45.4 Å². The fourth-order valence-electron chi connectivity index (χ4n) is 2.06. The van der Waals surface area contributed by atoms with Gasteiger partial charge in [0.1, 0.15) is 21.7 Å². The molecule has 3 nitrogen and oxygen atoms in total. The van der Waals surface area contributed by atoms with E-state index in [4.69, 9.17) is 9.26 Å². The first-order chi connectivity index (χ1) is 10.2. The number of alkyl halides is 1. The van der Waals surface area contributed by atoms with Crippen LogP contribution in [-0.4, -0.2) is 17.1 Å². The normalized spacial score (nSPS) is 11.0. The van der Waals surface area contributed by atoms with Gasteiger partial charge in [-0.05, 0) is 40.2 Å². The number of aromatic nitrogens is 1. The van der Waals surface area contributed by atoms with Crippen LogP contribution in [-0.2, 0) is 0 Å². The van der Waals surface area contributed by atoms with Gasteiger partial charge in [0.25, 0.3) is 0 Å². The van der Waals surface area contributed by atoms with Crippen molar-refractivity contribution in [1.29, 1.82) is 0 Å². The third kappa shape index (κ3) is 2.70. The van der Waals surface area contributed by atoms with E-state index in [2.05, 4.69) is 37.0 Å². The van der Waals surface area contributed by atoms with E-state index in [0.29, 0.717) is 33.7 Å². The van der Waals surface area contributed by atoms with Gasteiger partial charge < -0.3 is 9.26 Å². The van der Waals surface area contributed by atoms with Gasteiger partial charge >= 0.3 is 0 Å². The summed E-state index contributed by atoms with van der Waals surface area (Å²) in [5, 5.41) is 5.46. The molecule has 2 aromatic carbocycles. The highest BCUT2D eigenvalue weighted by atomic mass is 79.9. The maximum Gasteiger partial charge on any atom is 0.185 e. The molecule has 0 aliphatic rings. The van der Waals surface area contributed by atoms with Crippen molar-refractivity contribution in [2.24, 2.45) is 0 Å². The van der Waals surface area contributed by atoms with Gasteiger partial charge in [-0.3, -0.25) is 0 Å². The van der Waals surface area contributed by atoms with Gasteiger partial charge in [-0.2, -0.15) is 0 Å². The fraction of sp³-hybridized carbons (Fsp3) is 0.133. The van der Waals surface area contributed by atoms with Crippen LogP contribution in [0.2, 0.25) is 0 Å². The zero-order valence-corrected chi connectivity index (χ0v) is 13.9. The van der Waals surface area contributed by atoms with Crippen LogP contribution in [0.5, 0.6) is 5.75 Å². The van der Waals surface area contributed by atoms with Gasteiger partial charge in [0.15, 0.2) is 5.58 Å². The molecule has 21 heavy (non-hydrogen) atoms. The molecule has 0 N–H and O–H groups in total. The summed E-state index contributed by atoms with van der Waals surface area (Å²) in [5.41, 5.74) is 1.44. The highest BCUT2D eigenvalue weighted by Gasteiger charge is 2.18. The summed E-state index contributed by atoms with van der Waals surface area (Å²) in [6, 6.07) is 10.1. The molecular formula is C15H10Br2FNO2. The Labute approximate surface area is 137 Å². The topological polar surface area (TPSA) is 35.3 Å². The third-order valence-corrected chi connectivity index (χ3v) is 4.08. The molecule has 0 unspecified atom stereocenters. The lowest BCUT2D eigenvalue weighted by Gasteiger charge is -2.06. The lowest BCUT2D eigenvalue weighted by Crippen LogP contribution is -1.98. The molecule has 0 fully saturated rings. The third-order valence-electron chi connectivity index (χ3n) is 3.01. The molecule has 3 rings (SSSR count). The summed E-state index contributed by atoms with van der Waals surface area (Å²) < 4.78 is 25.5. The number of rotatable bonds is 4. The Balaban J connectivity index is 2.12. The largest absolute Gasteiger partial charge is 0.491 e. The first-order valence-corrected chi connectivity index (χ1v) is 8.15. The zero-order valence-electron chi connectivity index (χ0n) is 10.8. The number of fused-ring (bicyclic) bond motifs is 1. The Hall–Kier alpha value is -1.40. The molecule has 0 spiro atoms. The molecule has 0 bridgehead atoms. The van der Waals surface area contributed by atoms with Gasteiger partial charge in [0, 0.05) is 10.9 Å². The first kappa shape index (κ1) is 14.5. The quantitative estimate of drug-likeness (QED) is 0.552. The molecular weight excluding hydrogens is 405 g/mol. The lowest BCUT2D eigenvalue weighted by molar-refractivity contribution is 0.342. The van der Waals surface area contributed by atoms with E-state index in [-0.39, 0.29) is 5.82 Å². The van der Waals surface area contributed by atoms with Crippen molar-refractivity contribution < 1.29 is 13.7 Å². The van der Waals surface area contributed by atoms with E-state index in [0.717, 1.165) is 10.7 Å². The molecule has 0 saturated carbocycles. The Bertz CT molecular complexity index is 788. The molecule has 1 heterocycles. The average molecular weight is 415 g/mol. The second kappa shape index (κ2) is 6.15. The SMILES string of the molecule is Fc1ccccc1-c1noc2c(Br)c(OCCBr)ccc12. The van der Waals surface area contributed by atoms with Crippen LogP contribution in [0, 0.1) is 5.82 Å². The van der Waals surface area contributed by atoms with Gasteiger partial charge in [-0.1, -0.05) is 33.2 Å². The second-order valence-electron chi connectivity index (χ2n) is 4.30. The van der Waals surface area contributed by atoms with E-state index >= 15 is 0 Å². The number of nitrogens with zero attached hydrogens (tertiary/aromatic N) is 1. The molecule has 0 saturated heterocycles. The Morgan fingerprint density at radius 2 is 2.00 bits per heavy atom. The highest BCUT2D eigenvalue weighted by molar-refractivity contribution is 9.10. The fourth-order valence-corrected chi connectivity index (χ4v) is 2.76. The molecule has 6 heteroatoms. The molecule has 0 aliphatic carbocycles. The molecule has 0 atom stereocenters. The van der Waals surface area contributed by atoms with E-state index in [1.807, 2.05) is 12.1 Å². The van der Waals surface area contributed by atoms with Crippen LogP contribution in [0.3, 0.4) is 0 Å². The zero-order chi connectivity index (χ0) is 14.8. The standard InChI is InChI=1S/C15H10Br2FNO2/c16-7-8-20-12-6-5-10-14(19-21-15(10)13(12)17)9-3-1-2-4-11(9)18/h1-6H,7-8H2. The van der Waals surface area contributed by atoms with E-state index in [9.17, 15) is 4.39 Å². The highest BCUT2D eigenvalue weighted by Crippen LogP contribution is 2.38. The van der Waals surface area contributed by atoms with Crippen LogP contribution in [0.4, 0.5) is 4.39 Å². The summed E-state index contributed by atoms with van der Waals surface area (Å²) in [4.78, 5) is 0. The van der Waals surface area contributed by atoms with Gasteiger partial charge in [0.2, 0.25) is 0 Å². The second-order valence-corrected chi connectivity index (χ2v) is 5.89. The first-order valence-electron chi connectivity index (χ1n) is 6.24. The van der Waals surface area contributed by atoms with Crippen molar-refractivity contribution in [3.05, 3.63) is 46.7 Å². The van der Waals surface area contributed by atoms with Gasteiger partial charge in [-0.15, -0.1) is 0 Å². The van der Waals surface area contributed by atoms with Crippen molar-refractivity contribution in [2.45, 2.75) is 0 Å². The minimum absolute atomic E-state index is 0.330. The minimum atomic E-state index is -0.330. The maximum absolute atomic E-state index is 13.9. The molecule has 1 aromatic heterocycles. The van der Waals surface area contributed by atoms with E-state index < -0.39 is 0 Å². The van der Waals surface area contributed by atoms with Gasteiger partial charge in [0.05, 0.1) is 12.0 Å². The number of hydrogen-bond donors (Lipinski definition) is 0. The molecule has 0 amide bonds. The monoisotopic (exact) mass is 413 g/mol. The Morgan fingerprint density at radius 3 is 2.76 bits per heavy atom. The van der Waals surface area contributed by atoms with E-state index in [1.165, 1.54) is 6.07 Å². The average Bonchev–Trinajstić information content (AvgIpc) is 2.92. The van der Waals surface area contributed by atoms with Crippen molar-refractivity contribution >= 4 is 42.8 Å². The van der Waals surface area contributed by atoms with Crippen molar-refractivity contribution in [3.63, 3.8) is 0 Å². The number of benzene rings is 2. The Kier molecular flexibility index (Phi) is 4.26. The smallest absolute Gasteiger partial charge is 0.185 e. The Morgan fingerprint density at radius 1 is 1.19 bits per heavy atom. The summed E-state index contributed by atoms with van der Waals surface area (Å²) in [6.07, 6.45) is 0. The minimum Gasteiger partial charge on any atom is -0.491 e. The maximum atomic E-state index is 13.9. The van der Waals surface area contributed by atoms with Crippen molar-refractivity contribution in [3.8, 4) is 17.0 Å². The summed E-state index contributed by atoms with van der Waals surface area (Å²) in [5.74, 6) is 0.335. The number of hydrogen-bond acceptors (Lipinski definition) is 3. The van der Waals surface area contributed by atoms with Crippen molar-refractivity contribution in [2.75, 3.05) is 11.9 Å².